The lowest BCUT2D eigenvalue weighted by molar-refractivity contribution is -0.265. The number of ether oxygens (including phenoxy) is 7. The number of ketones is 3. The first-order valence-corrected chi connectivity index (χ1v) is 26.1. The van der Waals surface area contributed by atoms with E-state index in [1.807, 2.05) is 51.2 Å². The van der Waals surface area contributed by atoms with Gasteiger partial charge in [0.2, 0.25) is 5.79 Å². The molecule has 17 heteroatoms. The predicted octanol–water partition coefficient (Wildman–Crippen LogP) is 6.72. The maximum atomic E-state index is 14.5. The monoisotopic (exact) mass is 1020 g/mol. The first-order chi connectivity index (χ1) is 34.2. The van der Waals surface area contributed by atoms with Crippen LogP contribution in [0.5, 0.6) is 0 Å². The number of methoxy groups -OCH3 is 3. The molecule has 3 heterocycles. The molecule has 72 heavy (non-hydrogen) atoms. The van der Waals surface area contributed by atoms with Crippen molar-refractivity contribution in [2.75, 3.05) is 41.1 Å². The molecule has 0 aromatic heterocycles. The van der Waals surface area contributed by atoms with Gasteiger partial charge in [0.25, 0.3) is 11.7 Å². The van der Waals surface area contributed by atoms with Crippen molar-refractivity contribution in [3.05, 3.63) is 47.6 Å². The number of aliphatic hydroxyl groups is 3. The number of rotatable bonds is 10. The van der Waals surface area contributed by atoms with Crippen molar-refractivity contribution in [1.82, 2.24) is 4.90 Å². The van der Waals surface area contributed by atoms with Gasteiger partial charge in [-0.3, -0.25) is 19.2 Å². The van der Waals surface area contributed by atoms with Crippen LogP contribution in [0.4, 0.5) is 4.79 Å². The molecule has 1 saturated carbocycles. The zero-order valence-electron chi connectivity index (χ0n) is 44.5. The maximum absolute atomic E-state index is 14.5. The standard InChI is InChI=1S/C55H85NO16/c1-33-17-12-11-13-18-34(2)45(66-8)31-41-22-20-39(7)55(65,72-41)51(61)52(62)56-24-15-14-19-42(56)53(63)70-46(32-43(58)35(3)28-38(6)49(60)50(68-10)48(59)37(5)27-33)36(4)29-40-21-23-44(47(30-40)67-9)71-54(64)69-26-16-25-57/h11-13,17-18,28,33,36-42,44-47,49-50,57,60,65H,14-16,19-27,29-32H2,1-10H3/t33-,36-,37-,38?,39-,40+,41+,42+,44-,45+,46+,47-,49-,50+,55-/m1/s1. The number of hydrogen-bond acceptors (Lipinski definition) is 16. The molecule has 1 amide bonds. The average molecular weight is 1020 g/mol. The molecule has 0 spiro atoms. The summed E-state index contributed by atoms with van der Waals surface area (Å²) in [6.07, 6.45) is 9.70. The summed E-state index contributed by atoms with van der Waals surface area (Å²) in [5.74, 6) is -8.42. The van der Waals surface area contributed by atoms with Crippen LogP contribution in [0.2, 0.25) is 0 Å². The topological polar surface area (TPSA) is 231 Å². The van der Waals surface area contributed by atoms with Gasteiger partial charge in [0.1, 0.15) is 24.4 Å². The summed E-state index contributed by atoms with van der Waals surface area (Å²) in [6, 6.07) is -1.19. The van der Waals surface area contributed by atoms with E-state index in [-0.39, 0.29) is 68.0 Å². The van der Waals surface area contributed by atoms with Crippen LogP contribution in [-0.4, -0.2) is 151 Å². The molecule has 2 saturated heterocycles. The maximum Gasteiger partial charge on any atom is 0.508 e. The highest BCUT2D eigenvalue weighted by molar-refractivity contribution is 6.39. The average Bonchev–Trinajstić information content (AvgIpc) is 3.35. The molecule has 15 atom stereocenters. The minimum atomic E-state index is -2.46. The molecule has 3 N–H and O–H groups in total. The van der Waals surface area contributed by atoms with Gasteiger partial charge in [0, 0.05) is 71.5 Å². The lowest BCUT2D eigenvalue weighted by Gasteiger charge is -2.42. The molecule has 3 aliphatic heterocycles. The third kappa shape index (κ3) is 16.7. The summed E-state index contributed by atoms with van der Waals surface area (Å²) in [5.41, 5.74) is 1.14. The van der Waals surface area contributed by atoms with Crippen molar-refractivity contribution >= 4 is 35.4 Å². The number of nitrogens with zero attached hydrogens (tertiary/aromatic N) is 1. The summed E-state index contributed by atoms with van der Waals surface area (Å²) in [4.78, 5) is 84.7. The Morgan fingerprint density at radius 2 is 1.62 bits per heavy atom. The van der Waals surface area contributed by atoms with Gasteiger partial charge in [-0.1, -0.05) is 71.1 Å². The van der Waals surface area contributed by atoms with E-state index in [0.29, 0.717) is 64.2 Å². The highest BCUT2D eigenvalue weighted by atomic mass is 16.7. The van der Waals surface area contributed by atoms with E-state index in [2.05, 4.69) is 0 Å². The third-order valence-electron chi connectivity index (χ3n) is 15.2. The van der Waals surface area contributed by atoms with E-state index < -0.39 is 102 Å². The van der Waals surface area contributed by atoms with Gasteiger partial charge in [-0.15, -0.1) is 0 Å². The molecular formula is C55H85NO16. The van der Waals surface area contributed by atoms with Crippen LogP contribution in [0.1, 0.15) is 132 Å². The number of amides is 1. The molecule has 2 bridgehead atoms. The summed E-state index contributed by atoms with van der Waals surface area (Å²) in [5, 5.41) is 32.6. The molecule has 0 aromatic rings. The largest absolute Gasteiger partial charge is 0.508 e. The van der Waals surface area contributed by atoms with E-state index in [4.69, 9.17) is 38.3 Å². The summed E-state index contributed by atoms with van der Waals surface area (Å²) in [7, 11) is 4.47. The first kappa shape index (κ1) is 60.5. The molecule has 0 aromatic carbocycles. The third-order valence-corrected chi connectivity index (χ3v) is 15.2. The number of esters is 1. The van der Waals surface area contributed by atoms with Crippen molar-refractivity contribution in [3.63, 3.8) is 0 Å². The van der Waals surface area contributed by atoms with Crippen LogP contribution < -0.4 is 0 Å². The Balaban J connectivity index is 1.68. The Bertz CT molecular complexity index is 1950. The van der Waals surface area contributed by atoms with Crippen LogP contribution in [0.25, 0.3) is 0 Å². The molecule has 4 aliphatic rings. The normalized spacial score (nSPS) is 35.2. The van der Waals surface area contributed by atoms with Gasteiger partial charge in [0.05, 0.1) is 31.0 Å². The van der Waals surface area contributed by atoms with E-state index in [9.17, 15) is 39.0 Å². The van der Waals surface area contributed by atoms with E-state index in [1.165, 1.54) is 19.1 Å². The number of cyclic esters (lactones) is 1. The quantitative estimate of drug-likeness (QED) is 0.117. The van der Waals surface area contributed by atoms with Gasteiger partial charge in [-0.25, -0.2) is 9.59 Å². The van der Waals surface area contributed by atoms with Gasteiger partial charge in [-0.05, 0) is 107 Å². The smallest absolute Gasteiger partial charge is 0.460 e. The highest BCUT2D eigenvalue weighted by Crippen LogP contribution is 2.38. The second-order valence-corrected chi connectivity index (χ2v) is 20.9. The van der Waals surface area contributed by atoms with Crippen molar-refractivity contribution in [1.29, 1.82) is 0 Å². The predicted molar refractivity (Wildman–Crippen MR) is 267 cm³/mol. The zero-order valence-corrected chi connectivity index (χ0v) is 44.5. The number of fused-ring (bicyclic) bond motifs is 3. The fourth-order valence-electron chi connectivity index (χ4n) is 10.6. The van der Waals surface area contributed by atoms with Crippen LogP contribution in [0.15, 0.2) is 47.6 Å². The molecule has 1 aliphatic carbocycles. The Labute approximate surface area is 427 Å². The number of aliphatic hydroxyl groups excluding tert-OH is 2. The van der Waals surface area contributed by atoms with Gasteiger partial charge < -0.3 is 53.4 Å². The number of hydrogen-bond donors (Lipinski definition) is 3. The number of carbonyl (C=O) groups excluding carboxylic acids is 6. The molecule has 3 fully saturated rings. The molecule has 17 nitrogen and oxygen atoms in total. The minimum Gasteiger partial charge on any atom is -0.460 e. The van der Waals surface area contributed by atoms with Gasteiger partial charge >= 0.3 is 12.1 Å². The Morgan fingerprint density at radius 3 is 2.31 bits per heavy atom. The van der Waals surface area contributed by atoms with Crippen LogP contribution in [-0.2, 0) is 57.1 Å². The Kier molecular flexibility index (Phi) is 24.4. The van der Waals surface area contributed by atoms with E-state index >= 15 is 0 Å². The molecule has 1 unspecified atom stereocenters. The minimum absolute atomic E-state index is 0.00119. The van der Waals surface area contributed by atoms with Crippen molar-refractivity contribution < 1.29 is 77.2 Å². The SMILES string of the molecule is CO[C@H]1C[C@@H]2CC[C@@H](C)[C@@](O)(O2)C(=O)C(=O)N2CCCC[C@H]2C(=O)O[C@H]([C@H](C)C[C@@H]2CC[C@@H](OC(=O)OCCCO)[C@H](OC)C2)CC(=O)C(C)=CC(C)[C@@H](O)[C@@H](OC)C(=O)[C@H](C)C[C@H](C)C=CC=CC=C1C. The number of allylic oxidation sites excluding steroid dienone is 6. The Hall–Kier alpha value is -4.10. The van der Waals surface area contributed by atoms with E-state index in [1.54, 1.807) is 40.9 Å². The first-order valence-electron chi connectivity index (χ1n) is 26.1. The number of Topliss-reactive ketones (excluding diaryl/α,β-unsaturated/α-hetero) is 3. The van der Waals surface area contributed by atoms with Crippen molar-refractivity contribution in [3.8, 4) is 0 Å². The van der Waals surface area contributed by atoms with Gasteiger partial charge in [-0.2, -0.15) is 0 Å². The lowest BCUT2D eigenvalue weighted by Crippen LogP contribution is -2.61. The van der Waals surface area contributed by atoms with Crippen molar-refractivity contribution in [2.45, 2.75) is 186 Å². The molecular weight excluding hydrogens is 931 g/mol. The van der Waals surface area contributed by atoms with Crippen molar-refractivity contribution in [2.24, 2.45) is 35.5 Å². The lowest BCUT2D eigenvalue weighted by atomic mass is 9.78. The number of carbonyl (C=O) groups is 6. The van der Waals surface area contributed by atoms with Gasteiger partial charge in [0.15, 0.2) is 11.6 Å². The summed E-state index contributed by atoms with van der Waals surface area (Å²) in [6.45, 7) is 12.5. The zero-order chi connectivity index (χ0) is 53.3. The molecule has 406 valence electrons. The Morgan fingerprint density at radius 1 is 0.889 bits per heavy atom. The van der Waals surface area contributed by atoms with Crippen LogP contribution in [0, 0.1) is 35.5 Å². The second kappa shape index (κ2) is 29.1. The van der Waals surface area contributed by atoms with Crippen LogP contribution in [0.3, 0.4) is 0 Å². The number of piperidine rings is 1. The fourth-order valence-corrected chi connectivity index (χ4v) is 10.6. The molecule has 0 radical (unpaired) electrons. The fraction of sp³-hybridized carbons (Fsp3) is 0.745. The van der Waals surface area contributed by atoms with E-state index in [0.717, 1.165) is 5.57 Å². The summed E-state index contributed by atoms with van der Waals surface area (Å²) < 4.78 is 40.3. The summed E-state index contributed by atoms with van der Waals surface area (Å²) >= 11 is 0. The second-order valence-electron chi connectivity index (χ2n) is 20.9. The highest BCUT2D eigenvalue weighted by Gasteiger charge is 2.53. The molecule has 4 rings (SSSR count). The van der Waals surface area contributed by atoms with Crippen LogP contribution >= 0.6 is 0 Å².